The molecule has 0 spiro atoms. The van der Waals surface area contributed by atoms with E-state index in [0.29, 0.717) is 17.2 Å². The van der Waals surface area contributed by atoms with E-state index in [1.165, 1.54) is 4.90 Å². The van der Waals surface area contributed by atoms with Crippen molar-refractivity contribution in [1.82, 2.24) is 9.88 Å². The second-order valence-corrected chi connectivity index (χ2v) is 8.09. The molecule has 158 valence electrons. The maximum atomic E-state index is 12.7. The lowest BCUT2D eigenvalue weighted by molar-refractivity contribution is -0.857. The number of anilines is 1. The van der Waals surface area contributed by atoms with Crippen molar-refractivity contribution in [3.63, 3.8) is 0 Å². The highest BCUT2D eigenvalue weighted by Gasteiger charge is 2.15. The van der Waals surface area contributed by atoms with E-state index in [0.717, 1.165) is 41.0 Å². The Bertz CT molecular complexity index is 1080. The number of rotatable bonds is 7. The largest absolute Gasteiger partial charge is 0.497 e. The van der Waals surface area contributed by atoms with Crippen LogP contribution in [0.3, 0.4) is 0 Å². The Morgan fingerprint density at radius 1 is 1.20 bits per heavy atom. The number of thiocarbonyl (C=S) groups is 1. The predicted molar refractivity (Wildman–Crippen MR) is 127 cm³/mol. The van der Waals surface area contributed by atoms with Crippen molar-refractivity contribution in [2.75, 3.05) is 39.6 Å². The van der Waals surface area contributed by atoms with E-state index in [9.17, 15) is 4.79 Å². The van der Waals surface area contributed by atoms with Crippen molar-refractivity contribution in [1.29, 1.82) is 0 Å². The summed E-state index contributed by atoms with van der Waals surface area (Å²) >= 11 is 5.69. The van der Waals surface area contributed by atoms with Crippen LogP contribution in [-0.4, -0.2) is 49.3 Å². The molecule has 0 aliphatic rings. The second-order valence-electron chi connectivity index (χ2n) is 7.70. The summed E-state index contributed by atoms with van der Waals surface area (Å²) < 4.78 is 5.21. The highest BCUT2D eigenvalue weighted by molar-refractivity contribution is 7.80. The molecule has 2 aromatic carbocycles. The van der Waals surface area contributed by atoms with Crippen molar-refractivity contribution < 1.29 is 9.64 Å². The first-order chi connectivity index (χ1) is 14.4. The van der Waals surface area contributed by atoms with Gasteiger partial charge in [-0.15, -0.1) is 0 Å². The lowest BCUT2D eigenvalue weighted by Gasteiger charge is -2.26. The molecule has 0 fully saturated rings. The van der Waals surface area contributed by atoms with E-state index in [1.54, 1.807) is 7.11 Å². The van der Waals surface area contributed by atoms with Crippen LogP contribution in [0.1, 0.15) is 11.1 Å². The molecule has 0 atom stereocenters. The Kier molecular flexibility index (Phi) is 7.07. The highest BCUT2D eigenvalue weighted by Crippen LogP contribution is 2.18. The molecule has 0 bridgehead atoms. The van der Waals surface area contributed by atoms with E-state index in [1.807, 2.05) is 60.4 Å². The van der Waals surface area contributed by atoms with Crippen LogP contribution in [0.4, 0.5) is 5.69 Å². The number of fused-ring (bicyclic) bond motifs is 1. The minimum Gasteiger partial charge on any atom is -0.497 e. The summed E-state index contributed by atoms with van der Waals surface area (Å²) in [7, 11) is 5.84. The van der Waals surface area contributed by atoms with Crippen LogP contribution >= 0.6 is 12.2 Å². The number of para-hydroxylation sites is 1. The summed E-state index contributed by atoms with van der Waals surface area (Å²) in [5.41, 5.74) is 3.44. The molecule has 0 aliphatic heterocycles. The number of benzene rings is 2. The van der Waals surface area contributed by atoms with Crippen molar-refractivity contribution >= 4 is 33.9 Å². The standard InChI is InChI=1S/C23H28N4O2S/c1-16-6-5-7-17-14-18(22(28)25-21(16)17)15-27(13-12-26(2)3)23(30)24-19-8-10-20(29-4)11-9-19/h5-11,14H,12-13,15H2,1-4H3,(H,24,30)(H,25,28)/p+1. The fourth-order valence-corrected chi connectivity index (χ4v) is 3.51. The number of hydrogen-bond donors (Lipinski definition) is 3. The molecule has 0 saturated heterocycles. The van der Waals surface area contributed by atoms with E-state index >= 15 is 0 Å². The molecule has 6 nitrogen and oxygen atoms in total. The zero-order chi connectivity index (χ0) is 21.7. The number of ether oxygens (including phenoxy) is 1. The van der Waals surface area contributed by atoms with E-state index < -0.39 is 0 Å². The van der Waals surface area contributed by atoms with Crippen molar-refractivity contribution in [2.24, 2.45) is 0 Å². The zero-order valence-corrected chi connectivity index (χ0v) is 18.7. The first-order valence-electron chi connectivity index (χ1n) is 9.98. The van der Waals surface area contributed by atoms with Gasteiger partial charge in [-0.05, 0) is 60.4 Å². The van der Waals surface area contributed by atoms with Gasteiger partial charge in [0.05, 0.1) is 46.4 Å². The number of aryl methyl sites for hydroxylation is 1. The minimum absolute atomic E-state index is 0.0775. The number of pyridine rings is 1. The molecule has 0 amide bonds. The molecular weight excluding hydrogens is 396 g/mol. The van der Waals surface area contributed by atoms with Gasteiger partial charge in [-0.3, -0.25) is 4.79 Å². The molecule has 30 heavy (non-hydrogen) atoms. The fraction of sp³-hybridized carbons (Fsp3) is 0.304. The number of aromatic amines is 1. The quantitative estimate of drug-likeness (QED) is 0.507. The summed E-state index contributed by atoms with van der Waals surface area (Å²) in [5.74, 6) is 0.789. The van der Waals surface area contributed by atoms with Gasteiger partial charge in [0.25, 0.3) is 5.56 Å². The van der Waals surface area contributed by atoms with Gasteiger partial charge in [-0.2, -0.15) is 0 Å². The second kappa shape index (κ2) is 9.73. The lowest BCUT2D eigenvalue weighted by Crippen LogP contribution is -3.06. The SMILES string of the molecule is COc1ccc(NC(=S)N(CC[NH+](C)C)Cc2cc3cccc(C)c3[nH]c2=O)cc1. The van der Waals surface area contributed by atoms with Crippen LogP contribution in [-0.2, 0) is 6.54 Å². The van der Waals surface area contributed by atoms with Crippen molar-refractivity contribution in [3.8, 4) is 5.75 Å². The number of nitrogens with zero attached hydrogens (tertiary/aromatic N) is 1. The number of methoxy groups -OCH3 is 1. The summed E-state index contributed by atoms with van der Waals surface area (Å²) in [6.45, 7) is 4.07. The molecule has 1 heterocycles. The fourth-order valence-electron chi connectivity index (χ4n) is 3.24. The van der Waals surface area contributed by atoms with Crippen LogP contribution in [0.5, 0.6) is 5.75 Å². The summed E-state index contributed by atoms with van der Waals surface area (Å²) in [4.78, 5) is 19.1. The third-order valence-electron chi connectivity index (χ3n) is 5.04. The van der Waals surface area contributed by atoms with Gasteiger partial charge in [0, 0.05) is 11.3 Å². The Morgan fingerprint density at radius 2 is 1.93 bits per heavy atom. The van der Waals surface area contributed by atoms with E-state index in [-0.39, 0.29) is 5.56 Å². The molecule has 3 N–H and O–H groups in total. The maximum absolute atomic E-state index is 12.7. The van der Waals surface area contributed by atoms with Crippen LogP contribution in [0.15, 0.2) is 53.3 Å². The molecule has 3 aromatic rings. The summed E-state index contributed by atoms with van der Waals surface area (Å²) in [5, 5.41) is 4.90. The molecule has 0 unspecified atom stereocenters. The molecule has 0 radical (unpaired) electrons. The number of hydrogen-bond acceptors (Lipinski definition) is 3. The highest BCUT2D eigenvalue weighted by atomic mass is 32.1. The van der Waals surface area contributed by atoms with Gasteiger partial charge in [0.15, 0.2) is 5.11 Å². The van der Waals surface area contributed by atoms with E-state index in [4.69, 9.17) is 17.0 Å². The van der Waals surface area contributed by atoms with Gasteiger partial charge in [0.2, 0.25) is 0 Å². The number of aromatic nitrogens is 1. The van der Waals surface area contributed by atoms with Crippen molar-refractivity contribution in [2.45, 2.75) is 13.5 Å². The van der Waals surface area contributed by atoms with Crippen LogP contribution < -0.4 is 20.5 Å². The first-order valence-corrected chi connectivity index (χ1v) is 10.4. The summed E-state index contributed by atoms with van der Waals surface area (Å²) in [6.07, 6.45) is 0. The van der Waals surface area contributed by atoms with Crippen LogP contribution in [0, 0.1) is 6.92 Å². The average Bonchev–Trinajstić information content (AvgIpc) is 2.72. The third-order valence-corrected chi connectivity index (χ3v) is 5.40. The monoisotopic (exact) mass is 425 g/mol. The Balaban J connectivity index is 1.84. The zero-order valence-electron chi connectivity index (χ0n) is 17.9. The van der Waals surface area contributed by atoms with Gasteiger partial charge >= 0.3 is 0 Å². The Hall–Kier alpha value is -2.90. The first kappa shape index (κ1) is 21.8. The number of H-pyrrole nitrogens is 1. The third kappa shape index (κ3) is 5.37. The number of quaternary nitrogens is 1. The van der Waals surface area contributed by atoms with Gasteiger partial charge in [-0.1, -0.05) is 18.2 Å². The van der Waals surface area contributed by atoms with Gasteiger partial charge in [0.1, 0.15) is 5.75 Å². The molecule has 1 aromatic heterocycles. The Labute approximate surface area is 182 Å². The van der Waals surface area contributed by atoms with Crippen molar-refractivity contribution in [3.05, 3.63) is 70.0 Å². The van der Waals surface area contributed by atoms with Crippen LogP contribution in [0.2, 0.25) is 0 Å². The molecule has 3 rings (SSSR count). The van der Waals surface area contributed by atoms with Gasteiger partial charge in [-0.25, -0.2) is 0 Å². The average molecular weight is 426 g/mol. The number of likely N-dealkylation sites (N-methyl/N-ethyl adjacent to an activating group) is 1. The lowest BCUT2D eigenvalue weighted by atomic mass is 10.1. The van der Waals surface area contributed by atoms with Gasteiger partial charge < -0.3 is 24.8 Å². The topological polar surface area (TPSA) is 61.8 Å². The minimum atomic E-state index is -0.0775. The Morgan fingerprint density at radius 3 is 2.60 bits per heavy atom. The predicted octanol–water partition coefficient (Wildman–Crippen LogP) is 2.19. The molecular formula is C23H29N4O2S+. The summed E-state index contributed by atoms with van der Waals surface area (Å²) in [6, 6.07) is 15.6. The molecule has 0 saturated carbocycles. The van der Waals surface area contributed by atoms with Crippen LogP contribution in [0.25, 0.3) is 10.9 Å². The molecule has 0 aliphatic carbocycles. The van der Waals surface area contributed by atoms with E-state index in [2.05, 4.69) is 24.4 Å². The number of nitrogens with one attached hydrogen (secondary N) is 3. The maximum Gasteiger partial charge on any atom is 0.253 e. The smallest absolute Gasteiger partial charge is 0.253 e. The molecule has 7 heteroatoms. The normalized spacial score (nSPS) is 11.0.